The molecule has 104 valence electrons. The normalized spacial score (nSPS) is 16.0. The third-order valence-corrected chi connectivity index (χ3v) is 3.61. The lowest BCUT2D eigenvalue weighted by atomic mass is 10.1. The largest absolute Gasteiger partial charge is 0.422 e. The molecule has 2 aromatic rings. The predicted molar refractivity (Wildman–Crippen MR) is 84.7 cm³/mol. The molecule has 1 heterocycles. The fraction of sp³-hybridized carbons (Fsp3) is 0.0556. The van der Waals surface area contributed by atoms with Gasteiger partial charge in [-0.05, 0) is 54.5 Å². The van der Waals surface area contributed by atoms with E-state index in [1.165, 1.54) is 0 Å². The van der Waals surface area contributed by atoms with Crippen molar-refractivity contribution in [1.29, 1.82) is 0 Å². The number of ether oxygens (including phenoxy) is 1. The molecule has 1 aliphatic heterocycles. The van der Waals surface area contributed by atoms with Crippen LogP contribution in [0.3, 0.4) is 0 Å². The topological polar surface area (TPSA) is 26.3 Å². The average molecular weight is 297 g/mol. The van der Waals surface area contributed by atoms with Crippen molar-refractivity contribution in [3.05, 3.63) is 81.9 Å². The molecule has 3 heteroatoms. The molecular weight excluding hydrogens is 284 g/mol. The SMILES string of the molecule is Cc1ccccc1C=C1C=C(c2ccc(Cl)cc2)OC1=O. The number of carbonyl (C=O) groups is 1. The van der Waals surface area contributed by atoms with Crippen LogP contribution in [0.2, 0.25) is 5.02 Å². The van der Waals surface area contributed by atoms with E-state index in [-0.39, 0.29) is 5.97 Å². The second-order valence-corrected chi connectivity index (χ2v) is 5.30. The fourth-order valence-corrected chi connectivity index (χ4v) is 2.29. The number of halogens is 1. The van der Waals surface area contributed by atoms with Crippen LogP contribution in [0.5, 0.6) is 0 Å². The molecule has 0 aliphatic carbocycles. The number of carbonyl (C=O) groups excluding carboxylic acids is 1. The van der Waals surface area contributed by atoms with Crippen molar-refractivity contribution in [1.82, 2.24) is 0 Å². The van der Waals surface area contributed by atoms with Crippen LogP contribution in [0, 0.1) is 6.92 Å². The van der Waals surface area contributed by atoms with Crippen LogP contribution in [0.1, 0.15) is 16.7 Å². The van der Waals surface area contributed by atoms with Crippen molar-refractivity contribution >= 4 is 29.4 Å². The van der Waals surface area contributed by atoms with Crippen molar-refractivity contribution < 1.29 is 9.53 Å². The Balaban J connectivity index is 1.96. The zero-order valence-electron chi connectivity index (χ0n) is 11.5. The molecule has 0 N–H and O–H groups in total. The zero-order chi connectivity index (χ0) is 14.8. The Labute approximate surface area is 128 Å². The minimum absolute atomic E-state index is 0.330. The Hall–Kier alpha value is -2.32. The quantitative estimate of drug-likeness (QED) is 0.596. The lowest BCUT2D eigenvalue weighted by Gasteiger charge is -2.01. The maximum Gasteiger partial charge on any atom is 0.343 e. The maximum atomic E-state index is 12.0. The molecule has 0 saturated carbocycles. The number of hydrogen-bond donors (Lipinski definition) is 0. The van der Waals surface area contributed by atoms with Crippen LogP contribution < -0.4 is 0 Å². The Morgan fingerprint density at radius 2 is 1.76 bits per heavy atom. The molecule has 2 aromatic carbocycles. The standard InChI is InChI=1S/C18H13ClO2/c1-12-4-2-3-5-14(12)10-15-11-17(21-18(15)20)13-6-8-16(19)9-7-13/h2-11H,1H3. The summed E-state index contributed by atoms with van der Waals surface area (Å²) >= 11 is 5.86. The van der Waals surface area contributed by atoms with Gasteiger partial charge in [-0.2, -0.15) is 0 Å². The molecule has 0 saturated heterocycles. The maximum absolute atomic E-state index is 12.0. The summed E-state index contributed by atoms with van der Waals surface area (Å²) in [6.45, 7) is 2.01. The highest BCUT2D eigenvalue weighted by atomic mass is 35.5. The van der Waals surface area contributed by atoms with E-state index in [2.05, 4.69) is 0 Å². The molecule has 2 nitrogen and oxygen atoms in total. The first kappa shape index (κ1) is 13.7. The number of rotatable bonds is 2. The molecule has 0 atom stereocenters. The van der Waals surface area contributed by atoms with E-state index < -0.39 is 0 Å². The minimum atomic E-state index is -0.330. The summed E-state index contributed by atoms with van der Waals surface area (Å²) in [6.07, 6.45) is 3.61. The van der Waals surface area contributed by atoms with Crippen LogP contribution in [0.15, 0.2) is 60.2 Å². The molecular formula is C18H13ClO2. The fourth-order valence-electron chi connectivity index (χ4n) is 2.16. The highest BCUT2D eigenvalue weighted by Gasteiger charge is 2.21. The first-order chi connectivity index (χ1) is 10.1. The lowest BCUT2D eigenvalue weighted by Crippen LogP contribution is -1.97. The second kappa shape index (κ2) is 5.58. The summed E-state index contributed by atoms with van der Waals surface area (Å²) in [4.78, 5) is 12.0. The van der Waals surface area contributed by atoms with Crippen molar-refractivity contribution in [2.45, 2.75) is 6.92 Å². The van der Waals surface area contributed by atoms with Crippen molar-refractivity contribution in [3.8, 4) is 0 Å². The summed E-state index contributed by atoms with van der Waals surface area (Å²) in [5, 5.41) is 0.652. The van der Waals surface area contributed by atoms with E-state index in [0.29, 0.717) is 16.4 Å². The Bertz CT molecular complexity index is 755. The van der Waals surface area contributed by atoms with Gasteiger partial charge in [0.1, 0.15) is 5.76 Å². The van der Waals surface area contributed by atoms with Gasteiger partial charge in [-0.1, -0.05) is 35.9 Å². The summed E-state index contributed by atoms with van der Waals surface area (Å²) < 4.78 is 5.32. The third kappa shape index (κ3) is 2.91. The predicted octanol–water partition coefficient (Wildman–Crippen LogP) is 4.63. The number of hydrogen-bond acceptors (Lipinski definition) is 2. The Morgan fingerprint density at radius 3 is 2.48 bits per heavy atom. The Morgan fingerprint density at radius 1 is 1.05 bits per heavy atom. The van der Waals surface area contributed by atoms with Gasteiger partial charge in [-0.15, -0.1) is 0 Å². The van der Waals surface area contributed by atoms with Gasteiger partial charge in [0.2, 0.25) is 0 Å². The summed E-state index contributed by atoms with van der Waals surface area (Å²) in [5.74, 6) is 0.222. The summed E-state index contributed by atoms with van der Waals surface area (Å²) in [6, 6.07) is 15.1. The molecule has 0 unspecified atom stereocenters. The van der Waals surface area contributed by atoms with Crippen LogP contribution in [-0.2, 0) is 9.53 Å². The van der Waals surface area contributed by atoms with E-state index in [0.717, 1.165) is 16.7 Å². The molecule has 1 aliphatic rings. The first-order valence-corrected chi connectivity index (χ1v) is 6.98. The van der Waals surface area contributed by atoms with Crippen molar-refractivity contribution in [3.63, 3.8) is 0 Å². The monoisotopic (exact) mass is 296 g/mol. The number of aryl methyl sites for hydroxylation is 1. The smallest absolute Gasteiger partial charge is 0.343 e. The second-order valence-electron chi connectivity index (χ2n) is 4.86. The highest BCUT2D eigenvalue weighted by Crippen LogP contribution is 2.28. The van der Waals surface area contributed by atoms with Crippen LogP contribution in [0.25, 0.3) is 11.8 Å². The van der Waals surface area contributed by atoms with Gasteiger partial charge < -0.3 is 4.74 Å². The molecule has 0 aromatic heterocycles. The van der Waals surface area contributed by atoms with Crippen LogP contribution in [-0.4, -0.2) is 5.97 Å². The van der Waals surface area contributed by atoms with Crippen LogP contribution in [0.4, 0.5) is 0 Å². The van der Waals surface area contributed by atoms with E-state index in [9.17, 15) is 4.79 Å². The van der Waals surface area contributed by atoms with Crippen LogP contribution >= 0.6 is 11.6 Å². The molecule has 0 radical (unpaired) electrons. The number of esters is 1. The van der Waals surface area contributed by atoms with E-state index >= 15 is 0 Å². The third-order valence-electron chi connectivity index (χ3n) is 3.35. The van der Waals surface area contributed by atoms with Crippen molar-refractivity contribution in [2.75, 3.05) is 0 Å². The molecule has 3 rings (SSSR count). The molecule has 0 spiro atoms. The number of benzene rings is 2. The molecule has 21 heavy (non-hydrogen) atoms. The van der Waals surface area contributed by atoms with E-state index in [1.54, 1.807) is 18.2 Å². The van der Waals surface area contributed by atoms with Gasteiger partial charge in [-0.3, -0.25) is 0 Å². The zero-order valence-corrected chi connectivity index (χ0v) is 12.2. The van der Waals surface area contributed by atoms with Crippen molar-refractivity contribution in [2.24, 2.45) is 0 Å². The number of cyclic esters (lactones) is 1. The molecule has 0 bridgehead atoms. The summed E-state index contributed by atoms with van der Waals surface area (Å²) in [5.41, 5.74) is 3.51. The van der Waals surface area contributed by atoms with Gasteiger partial charge in [0.15, 0.2) is 0 Å². The van der Waals surface area contributed by atoms with Gasteiger partial charge in [-0.25, -0.2) is 4.79 Å². The van der Waals surface area contributed by atoms with Gasteiger partial charge in [0, 0.05) is 10.6 Å². The lowest BCUT2D eigenvalue weighted by molar-refractivity contribution is -0.130. The molecule has 0 fully saturated rings. The average Bonchev–Trinajstić information content (AvgIpc) is 2.83. The van der Waals surface area contributed by atoms with Gasteiger partial charge in [0.25, 0.3) is 0 Å². The first-order valence-electron chi connectivity index (χ1n) is 6.60. The Kier molecular flexibility index (Phi) is 3.63. The highest BCUT2D eigenvalue weighted by molar-refractivity contribution is 6.30. The van der Waals surface area contributed by atoms with E-state index in [1.807, 2.05) is 49.4 Å². The van der Waals surface area contributed by atoms with Gasteiger partial charge in [0.05, 0.1) is 5.57 Å². The summed E-state index contributed by atoms with van der Waals surface area (Å²) in [7, 11) is 0. The minimum Gasteiger partial charge on any atom is -0.422 e. The van der Waals surface area contributed by atoms with E-state index in [4.69, 9.17) is 16.3 Å². The molecule has 0 amide bonds. The van der Waals surface area contributed by atoms with Gasteiger partial charge >= 0.3 is 5.97 Å².